The van der Waals surface area contributed by atoms with E-state index in [1.165, 1.54) is 23.0 Å². The minimum absolute atomic E-state index is 0.137. The zero-order valence-electron chi connectivity index (χ0n) is 27.6. The van der Waals surface area contributed by atoms with Crippen molar-refractivity contribution >= 4 is 41.0 Å². The Hall–Kier alpha value is -5.07. The number of halogens is 1. The van der Waals surface area contributed by atoms with E-state index in [4.69, 9.17) is 35.3 Å². The summed E-state index contributed by atoms with van der Waals surface area (Å²) in [7, 11) is 2.81. The highest BCUT2D eigenvalue weighted by Gasteiger charge is 2.34. The van der Waals surface area contributed by atoms with Gasteiger partial charge in [0.25, 0.3) is 5.56 Å². The fourth-order valence-corrected chi connectivity index (χ4v) is 6.34. The van der Waals surface area contributed by atoms with Crippen LogP contribution in [0, 0.1) is 0 Å². The molecule has 1 aromatic heterocycles. The van der Waals surface area contributed by atoms with Gasteiger partial charge in [0.05, 0.1) is 49.3 Å². The molecule has 0 bridgehead atoms. The lowest BCUT2D eigenvalue weighted by Crippen LogP contribution is -2.40. The molecule has 0 amide bonds. The lowest BCUT2D eigenvalue weighted by Gasteiger charge is -2.25. The minimum atomic E-state index is -0.885. The molecule has 4 aromatic rings. The van der Waals surface area contributed by atoms with Gasteiger partial charge in [-0.05, 0) is 79.9 Å². The molecule has 2 heterocycles. The lowest BCUT2D eigenvalue weighted by atomic mass is 9.95. The number of fused-ring (bicyclic) bond motifs is 1. The Labute approximate surface area is 291 Å². The number of methoxy groups -OCH3 is 2. The number of hydrogen-bond acceptors (Lipinski definition) is 11. The Balaban J connectivity index is 1.55. The summed E-state index contributed by atoms with van der Waals surface area (Å²) in [5, 5.41) is 0.643. The van der Waals surface area contributed by atoms with Crippen molar-refractivity contribution in [3.8, 4) is 23.0 Å². The third-order valence-electron chi connectivity index (χ3n) is 7.47. The van der Waals surface area contributed by atoms with E-state index in [2.05, 4.69) is 9.73 Å². The first-order valence-corrected chi connectivity index (χ1v) is 16.6. The largest absolute Gasteiger partial charge is 0.493 e. The summed E-state index contributed by atoms with van der Waals surface area (Å²) in [6.45, 7) is 5.66. The maximum absolute atomic E-state index is 14.2. The number of esters is 2. The van der Waals surface area contributed by atoms with Gasteiger partial charge in [-0.15, -0.1) is 0 Å². The number of nitrogens with zero attached hydrogens (tertiary/aromatic N) is 2. The van der Waals surface area contributed by atoms with Gasteiger partial charge in [-0.25, -0.2) is 14.6 Å². The fourth-order valence-electron chi connectivity index (χ4n) is 5.17. The molecule has 13 heteroatoms. The molecular formula is C36H35ClN2O9S. The quantitative estimate of drug-likeness (QED) is 0.177. The third-order valence-corrected chi connectivity index (χ3v) is 8.70. The van der Waals surface area contributed by atoms with E-state index in [1.54, 1.807) is 76.4 Å². The number of rotatable bonds is 13. The summed E-state index contributed by atoms with van der Waals surface area (Å²) in [6.07, 6.45) is 1.74. The van der Waals surface area contributed by atoms with Gasteiger partial charge in [-0.1, -0.05) is 47.2 Å². The van der Waals surface area contributed by atoms with Crippen LogP contribution in [0.4, 0.5) is 0 Å². The SMILES string of the molecule is CCOC(=O)C1=C(C)N=c2s/c(=C\c3ccc(OCc4ccc(Cl)cc4)c(OC)c3)c(=O)n2[C@@H]1c1ccc(OCC(=O)OC)c(OCC)c1. The van der Waals surface area contributed by atoms with Gasteiger partial charge in [-0.3, -0.25) is 9.36 Å². The van der Waals surface area contributed by atoms with Crippen LogP contribution in [0.3, 0.4) is 0 Å². The van der Waals surface area contributed by atoms with Gasteiger partial charge in [0.2, 0.25) is 0 Å². The molecule has 5 rings (SSSR count). The van der Waals surface area contributed by atoms with Gasteiger partial charge in [0.15, 0.2) is 34.4 Å². The number of aromatic nitrogens is 1. The number of hydrogen-bond donors (Lipinski definition) is 0. The van der Waals surface area contributed by atoms with Crippen molar-refractivity contribution in [2.24, 2.45) is 4.99 Å². The van der Waals surface area contributed by atoms with Crippen molar-refractivity contribution in [1.29, 1.82) is 0 Å². The van der Waals surface area contributed by atoms with Crippen LogP contribution in [-0.2, 0) is 25.7 Å². The van der Waals surface area contributed by atoms with Crippen LogP contribution >= 0.6 is 22.9 Å². The molecule has 0 radical (unpaired) electrons. The molecule has 0 N–H and O–H groups in total. The van der Waals surface area contributed by atoms with Crippen LogP contribution in [0.1, 0.15) is 43.5 Å². The lowest BCUT2D eigenvalue weighted by molar-refractivity contribution is -0.143. The van der Waals surface area contributed by atoms with Crippen LogP contribution in [0.25, 0.3) is 6.08 Å². The molecule has 0 fully saturated rings. The van der Waals surface area contributed by atoms with E-state index >= 15 is 0 Å². The maximum Gasteiger partial charge on any atom is 0.343 e. The number of carbonyl (C=O) groups is 2. The zero-order valence-corrected chi connectivity index (χ0v) is 29.2. The summed E-state index contributed by atoms with van der Waals surface area (Å²) >= 11 is 7.19. The molecule has 49 heavy (non-hydrogen) atoms. The second-order valence-electron chi connectivity index (χ2n) is 10.6. The van der Waals surface area contributed by atoms with Gasteiger partial charge >= 0.3 is 11.9 Å². The molecule has 0 aliphatic carbocycles. The molecular weight excluding hydrogens is 672 g/mol. The molecule has 0 saturated heterocycles. The number of benzene rings is 3. The normalized spacial score (nSPS) is 14.1. The first kappa shape index (κ1) is 35.2. The first-order valence-electron chi connectivity index (χ1n) is 15.4. The van der Waals surface area contributed by atoms with Crippen LogP contribution in [0.2, 0.25) is 5.02 Å². The Bertz CT molecular complexity index is 2070. The van der Waals surface area contributed by atoms with Crippen molar-refractivity contribution in [3.05, 3.63) is 113 Å². The van der Waals surface area contributed by atoms with Gasteiger partial charge in [-0.2, -0.15) is 0 Å². The molecule has 1 aliphatic rings. The monoisotopic (exact) mass is 706 g/mol. The van der Waals surface area contributed by atoms with Crippen LogP contribution < -0.4 is 33.8 Å². The number of thiazole rings is 1. The van der Waals surface area contributed by atoms with Crippen molar-refractivity contribution in [2.75, 3.05) is 34.0 Å². The van der Waals surface area contributed by atoms with Gasteiger partial charge in [0, 0.05) is 5.02 Å². The number of ether oxygens (including phenoxy) is 6. The summed E-state index contributed by atoms with van der Waals surface area (Å²) < 4.78 is 35.0. The summed E-state index contributed by atoms with van der Waals surface area (Å²) in [6, 6.07) is 16.9. The smallest absolute Gasteiger partial charge is 0.343 e. The standard InChI is InChI=1S/C36H35ClN2O9S/c1-6-45-29-18-24(11-15-27(29)48-20-31(40)44-5)33-32(35(42)46-7-2)21(3)38-36-39(33)34(41)30(49-36)17-23-10-14-26(28(16-23)43-4)47-19-22-8-12-25(37)13-9-22/h8-18,33H,6-7,19-20H2,1-5H3/b30-17-/t33-/m1/s1. The number of carbonyl (C=O) groups excluding carboxylic acids is 2. The molecule has 0 saturated carbocycles. The molecule has 256 valence electrons. The summed E-state index contributed by atoms with van der Waals surface area (Å²) in [4.78, 5) is 44.3. The van der Waals surface area contributed by atoms with Crippen molar-refractivity contribution < 1.29 is 38.0 Å². The van der Waals surface area contributed by atoms with Crippen molar-refractivity contribution in [3.63, 3.8) is 0 Å². The summed E-state index contributed by atoms with van der Waals surface area (Å²) in [5.41, 5.74) is 2.49. The van der Waals surface area contributed by atoms with Crippen LogP contribution in [0.15, 0.2) is 81.7 Å². The van der Waals surface area contributed by atoms with E-state index in [0.29, 0.717) is 67.4 Å². The average molecular weight is 707 g/mol. The predicted molar refractivity (Wildman–Crippen MR) is 184 cm³/mol. The minimum Gasteiger partial charge on any atom is -0.493 e. The fraction of sp³-hybridized carbons (Fsp3) is 0.278. The average Bonchev–Trinajstić information content (AvgIpc) is 3.40. The van der Waals surface area contributed by atoms with Crippen LogP contribution in [0.5, 0.6) is 23.0 Å². The first-order chi connectivity index (χ1) is 23.7. The topological polar surface area (TPSA) is 124 Å². The molecule has 1 atom stereocenters. The Morgan fingerprint density at radius 3 is 2.35 bits per heavy atom. The Kier molecular flexibility index (Phi) is 11.4. The van der Waals surface area contributed by atoms with Crippen molar-refractivity contribution in [1.82, 2.24) is 4.57 Å². The number of allylic oxidation sites excluding steroid dienone is 1. The molecule has 3 aromatic carbocycles. The molecule has 11 nitrogen and oxygen atoms in total. The zero-order chi connectivity index (χ0) is 35.1. The van der Waals surface area contributed by atoms with Crippen molar-refractivity contribution in [2.45, 2.75) is 33.4 Å². The highest BCUT2D eigenvalue weighted by Crippen LogP contribution is 2.36. The highest BCUT2D eigenvalue weighted by molar-refractivity contribution is 7.07. The van der Waals surface area contributed by atoms with E-state index in [-0.39, 0.29) is 24.3 Å². The van der Waals surface area contributed by atoms with Gasteiger partial charge in [0.1, 0.15) is 6.61 Å². The molecule has 0 unspecified atom stereocenters. The van der Waals surface area contributed by atoms with E-state index in [1.807, 2.05) is 18.2 Å². The highest BCUT2D eigenvalue weighted by atomic mass is 35.5. The second-order valence-corrected chi connectivity index (χ2v) is 12.1. The van der Waals surface area contributed by atoms with E-state index in [9.17, 15) is 14.4 Å². The van der Waals surface area contributed by atoms with E-state index in [0.717, 1.165) is 5.56 Å². The third kappa shape index (κ3) is 7.98. The molecule has 1 aliphatic heterocycles. The predicted octanol–water partition coefficient (Wildman–Crippen LogP) is 4.99. The molecule has 0 spiro atoms. The maximum atomic E-state index is 14.2. The van der Waals surface area contributed by atoms with Crippen LogP contribution in [-0.4, -0.2) is 50.5 Å². The van der Waals surface area contributed by atoms with Gasteiger partial charge < -0.3 is 28.4 Å². The second kappa shape index (κ2) is 15.9. The Morgan fingerprint density at radius 2 is 1.65 bits per heavy atom. The summed E-state index contributed by atoms with van der Waals surface area (Å²) in [5.74, 6) is 0.512. The Morgan fingerprint density at radius 1 is 0.918 bits per heavy atom. The van der Waals surface area contributed by atoms with E-state index < -0.39 is 18.0 Å².